The molecule has 6 saturated carbocycles. The van der Waals surface area contributed by atoms with Crippen molar-refractivity contribution in [3.8, 4) is 0 Å². The SMILES string of the molecule is COC(=O)C12CCC(O)(CC1)CC2.O=C(O)C12CCC(Br)(CC1)CC2. The van der Waals surface area contributed by atoms with Gasteiger partial charge in [-0.05, 0) is 77.0 Å². The van der Waals surface area contributed by atoms with Gasteiger partial charge in [-0.1, -0.05) is 15.9 Å². The normalized spacial score (nSPS) is 44.6. The van der Waals surface area contributed by atoms with Gasteiger partial charge >= 0.3 is 11.9 Å². The largest absolute Gasteiger partial charge is 0.481 e. The Morgan fingerprint density at radius 3 is 1.56 bits per heavy atom. The first-order chi connectivity index (χ1) is 11.7. The summed E-state index contributed by atoms with van der Waals surface area (Å²) in [7, 11) is 1.45. The maximum atomic E-state index is 11.5. The highest BCUT2D eigenvalue weighted by Crippen LogP contribution is 2.56. The van der Waals surface area contributed by atoms with E-state index >= 15 is 0 Å². The van der Waals surface area contributed by atoms with Crippen LogP contribution < -0.4 is 0 Å². The number of aliphatic carboxylic acids is 1. The van der Waals surface area contributed by atoms with Crippen molar-refractivity contribution in [3.05, 3.63) is 0 Å². The van der Waals surface area contributed by atoms with Crippen LogP contribution in [-0.4, -0.2) is 39.2 Å². The second-order valence-electron chi connectivity index (χ2n) is 8.73. The van der Waals surface area contributed by atoms with Gasteiger partial charge in [0.2, 0.25) is 0 Å². The minimum atomic E-state index is -0.572. The van der Waals surface area contributed by atoms with Crippen LogP contribution in [-0.2, 0) is 14.3 Å². The first kappa shape index (κ1) is 19.2. The Morgan fingerprint density at radius 2 is 1.20 bits per heavy atom. The molecule has 0 heterocycles. The second kappa shape index (κ2) is 6.52. The molecule has 6 rings (SSSR count). The molecule has 4 bridgehead atoms. The number of halogens is 1. The summed E-state index contributed by atoms with van der Waals surface area (Å²) in [6.07, 6.45) is 10.4. The van der Waals surface area contributed by atoms with E-state index in [4.69, 9.17) is 9.84 Å². The van der Waals surface area contributed by atoms with E-state index in [2.05, 4.69) is 15.9 Å². The molecule has 5 nitrogen and oxygen atoms in total. The quantitative estimate of drug-likeness (QED) is 0.528. The number of esters is 1. The van der Waals surface area contributed by atoms with E-state index in [1.807, 2.05) is 0 Å². The molecular weight excluding hydrogens is 388 g/mol. The smallest absolute Gasteiger partial charge is 0.311 e. The molecule has 6 heteroatoms. The number of alkyl halides is 1. The second-order valence-corrected chi connectivity index (χ2v) is 10.4. The fourth-order valence-electron chi connectivity index (χ4n) is 5.15. The molecule has 0 spiro atoms. The van der Waals surface area contributed by atoms with E-state index in [1.54, 1.807) is 0 Å². The number of fused-ring (bicyclic) bond motifs is 6. The Hall–Kier alpha value is -0.620. The van der Waals surface area contributed by atoms with Gasteiger partial charge in [-0.15, -0.1) is 0 Å². The third-order valence-electron chi connectivity index (χ3n) is 7.43. The molecule has 0 radical (unpaired) electrons. The van der Waals surface area contributed by atoms with Crippen LogP contribution in [0.3, 0.4) is 0 Å². The van der Waals surface area contributed by atoms with E-state index < -0.39 is 11.6 Å². The maximum absolute atomic E-state index is 11.5. The zero-order valence-electron chi connectivity index (χ0n) is 15.0. The number of hydrogen-bond donors (Lipinski definition) is 2. The fourth-order valence-corrected chi connectivity index (χ4v) is 5.74. The highest BCUT2D eigenvalue weighted by Gasteiger charge is 2.52. The highest BCUT2D eigenvalue weighted by atomic mass is 79.9. The number of carbonyl (C=O) groups excluding carboxylic acids is 1. The first-order valence-corrected chi connectivity index (χ1v) is 10.2. The topological polar surface area (TPSA) is 83.8 Å². The van der Waals surface area contributed by atoms with Crippen molar-refractivity contribution in [1.29, 1.82) is 0 Å². The van der Waals surface area contributed by atoms with Crippen LogP contribution in [0.5, 0.6) is 0 Å². The predicted molar refractivity (Wildman–Crippen MR) is 96.5 cm³/mol. The van der Waals surface area contributed by atoms with Crippen molar-refractivity contribution >= 4 is 27.9 Å². The molecule has 0 aromatic heterocycles. The Bertz CT molecular complexity index is 509. The van der Waals surface area contributed by atoms with Crippen LogP contribution in [0.15, 0.2) is 0 Å². The van der Waals surface area contributed by atoms with E-state index in [9.17, 15) is 14.7 Å². The third kappa shape index (κ3) is 3.48. The summed E-state index contributed by atoms with van der Waals surface area (Å²) >= 11 is 3.71. The van der Waals surface area contributed by atoms with Gasteiger partial charge in [0.15, 0.2) is 0 Å². The molecule has 2 N–H and O–H groups in total. The number of rotatable bonds is 2. The van der Waals surface area contributed by atoms with E-state index in [-0.39, 0.29) is 16.8 Å². The Kier molecular flexibility index (Phi) is 4.99. The summed E-state index contributed by atoms with van der Waals surface area (Å²) in [5.41, 5.74) is -1.06. The minimum Gasteiger partial charge on any atom is -0.481 e. The number of carboxylic acids is 1. The molecule has 6 fully saturated rings. The minimum absolute atomic E-state index is 0.0748. The van der Waals surface area contributed by atoms with Gasteiger partial charge in [-0.3, -0.25) is 9.59 Å². The van der Waals surface area contributed by atoms with Crippen LogP contribution in [0, 0.1) is 10.8 Å². The molecule has 142 valence electrons. The molecule has 6 aliphatic rings. The lowest BCUT2D eigenvalue weighted by molar-refractivity contribution is -0.168. The lowest BCUT2D eigenvalue weighted by Crippen LogP contribution is -2.49. The zero-order valence-corrected chi connectivity index (χ0v) is 16.6. The molecule has 6 aliphatic carbocycles. The molecule has 0 unspecified atom stereocenters. The molecule has 0 atom stereocenters. The highest BCUT2D eigenvalue weighted by molar-refractivity contribution is 9.10. The first-order valence-electron chi connectivity index (χ1n) is 9.40. The van der Waals surface area contributed by atoms with Crippen molar-refractivity contribution in [2.75, 3.05) is 7.11 Å². The fraction of sp³-hybridized carbons (Fsp3) is 0.895. The summed E-state index contributed by atoms with van der Waals surface area (Å²) in [5.74, 6) is -0.647. The monoisotopic (exact) mass is 416 g/mol. The van der Waals surface area contributed by atoms with Crippen molar-refractivity contribution in [1.82, 2.24) is 0 Å². The summed E-state index contributed by atoms with van der Waals surface area (Å²) < 4.78 is 5.12. The van der Waals surface area contributed by atoms with E-state index in [0.717, 1.165) is 77.0 Å². The van der Waals surface area contributed by atoms with Crippen LogP contribution in [0.25, 0.3) is 0 Å². The standard InChI is InChI=1S/C10H16O3.C9H13BrO2/c1-13-8(11)9-2-5-10(12,6-3-9)7-4-9;10-9-4-1-8(2-5-9,3-6-9)7(11)12/h12H,2-7H2,1H3;1-6H2,(H,11,12). The van der Waals surface area contributed by atoms with Crippen LogP contribution in [0.2, 0.25) is 0 Å². The predicted octanol–water partition coefficient (Wildman–Crippen LogP) is 3.80. The number of methoxy groups -OCH3 is 1. The van der Waals surface area contributed by atoms with Gasteiger partial charge in [0.1, 0.15) is 0 Å². The number of carboxylic acid groups (broad SMARTS) is 1. The molecule has 0 aromatic carbocycles. The molecular formula is C19H29BrO5. The number of aliphatic hydroxyl groups is 1. The van der Waals surface area contributed by atoms with E-state index in [0.29, 0.717) is 4.32 Å². The van der Waals surface area contributed by atoms with Crippen LogP contribution >= 0.6 is 15.9 Å². The lowest BCUT2D eigenvalue weighted by Gasteiger charge is -2.48. The number of carbonyl (C=O) groups is 2. The summed E-state index contributed by atoms with van der Waals surface area (Å²) in [5, 5.41) is 19.0. The van der Waals surface area contributed by atoms with E-state index in [1.165, 1.54) is 7.11 Å². The van der Waals surface area contributed by atoms with Gasteiger partial charge in [0, 0.05) is 4.32 Å². The number of hydrogen-bond acceptors (Lipinski definition) is 4. The molecule has 0 amide bonds. The van der Waals surface area contributed by atoms with Crippen LogP contribution in [0.4, 0.5) is 0 Å². The molecule has 0 saturated heterocycles. The average molecular weight is 417 g/mol. The number of ether oxygens (including phenoxy) is 1. The Morgan fingerprint density at radius 1 is 0.800 bits per heavy atom. The molecule has 0 aromatic rings. The van der Waals surface area contributed by atoms with Crippen molar-refractivity contribution in [2.45, 2.75) is 87.0 Å². The summed E-state index contributed by atoms with van der Waals surface area (Å²) in [6, 6.07) is 0. The molecule has 25 heavy (non-hydrogen) atoms. The Labute approximate surface area is 157 Å². The van der Waals surface area contributed by atoms with Gasteiger partial charge in [-0.25, -0.2) is 0 Å². The van der Waals surface area contributed by atoms with Crippen molar-refractivity contribution in [2.24, 2.45) is 10.8 Å². The average Bonchev–Trinajstić information content (AvgIpc) is 2.63. The third-order valence-corrected chi connectivity index (χ3v) is 8.62. The van der Waals surface area contributed by atoms with Crippen molar-refractivity contribution in [3.63, 3.8) is 0 Å². The maximum Gasteiger partial charge on any atom is 0.311 e. The zero-order chi connectivity index (χ0) is 18.3. The van der Waals surface area contributed by atoms with Gasteiger partial charge < -0.3 is 14.9 Å². The Balaban J connectivity index is 0.000000146. The van der Waals surface area contributed by atoms with Gasteiger partial charge in [0.05, 0.1) is 23.5 Å². The van der Waals surface area contributed by atoms with Gasteiger partial charge in [0.25, 0.3) is 0 Å². The molecule has 0 aliphatic heterocycles. The van der Waals surface area contributed by atoms with Crippen molar-refractivity contribution < 1.29 is 24.5 Å². The summed E-state index contributed by atoms with van der Waals surface area (Å²) in [6.45, 7) is 0. The summed E-state index contributed by atoms with van der Waals surface area (Å²) in [4.78, 5) is 22.6. The lowest BCUT2D eigenvalue weighted by atomic mass is 9.59. The van der Waals surface area contributed by atoms with Crippen LogP contribution in [0.1, 0.15) is 77.0 Å². The van der Waals surface area contributed by atoms with Gasteiger partial charge in [-0.2, -0.15) is 0 Å².